The van der Waals surface area contributed by atoms with Gasteiger partial charge >= 0.3 is 0 Å². The van der Waals surface area contributed by atoms with Crippen molar-refractivity contribution in [2.45, 2.75) is 25.2 Å². The second-order valence-corrected chi connectivity index (χ2v) is 9.80. The number of sulfone groups is 1. The molecule has 0 aliphatic rings. The zero-order valence-corrected chi connectivity index (χ0v) is 17.3. The predicted molar refractivity (Wildman–Crippen MR) is 109 cm³/mol. The second kappa shape index (κ2) is 8.38. The summed E-state index contributed by atoms with van der Waals surface area (Å²) in [5, 5.41) is 2.83. The summed E-state index contributed by atoms with van der Waals surface area (Å²) in [5.74, 6) is -2.76. The summed E-state index contributed by atoms with van der Waals surface area (Å²) in [5.41, 5.74) is 1.76. The largest absolute Gasteiger partial charge is 0.302 e. The van der Waals surface area contributed by atoms with Crippen LogP contribution in [0.5, 0.6) is 0 Å². The number of carbonyl (C=O) groups is 1. The van der Waals surface area contributed by atoms with Gasteiger partial charge in [-0.25, -0.2) is 22.2 Å². The average Bonchev–Trinajstić information content (AvgIpc) is 3.03. The maximum Gasteiger partial charge on any atom is 0.227 e. The van der Waals surface area contributed by atoms with E-state index in [9.17, 15) is 22.0 Å². The Kier molecular flexibility index (Phi) is 6.09. The topological polar surface area (TPSA) is 76.1 Å². The zero-order chi connectivity index (χ0) is 21.2. The van der Waals surface area contributed by atoms with Gasteiger partial charge in [-0.3, -0.25) is 4.79 Å². The highest BCUT2D eigenvalue weighted by molar-refractivity contribution is 7.91. The summed E-state index contributed by atoms with van der Waals surface area (Å²) in [6.45, 7) is 3.60. The molecule has 1 heterocycles. The molecule has 29 heavy (non-hydrogen) atoms. The lowest BCUT2D eigenvalue weighted by molar-refractivity contribution is -0.115. The van der Waals surface area contributed by atoms with Gasteiger partial charge in [-0.05, 0) is 44.2 Å². The second-order valence-electron chi connectivity index (χ2n) is 6.48. The SMILES string of the molecule is Cc1ccc(S(=O)(=O)CCC(=O)Nc2nc(-c3ccc(F)c(F)c3)c(C)s2)cc1. The standard InChI is InChI=1S/C20H18F2N2O3S2/c1-12-3-6-15(7-4-12)29(26,27)10-9-18(25)23-20-24-19(13(2)28-20)14-5-8-16(21)17(22)11-14/h3-8,11H,9-10H2,1-2H3,(H,23,24,25). The minimum Gasteiger partial charge on any atom is -0.302 e. The van der Waals surface area contributed by atoms with Crippen LogP contribution < -0.4 is 5.32 Å². The molecule has 1 N–H and O–H groups in total. The molecule has 0 spiro atoms. The fourth-order valence-electron chi connectivity index (χ4n) is 2.63. The number of aromatic nitrogens is 1. The monoisotopic (exact) mass is 436 g/mol. The van der Waals surface area contributed by atoms with Crippen molar-refractivity contribution in [3.05, 3.63) is 64.5 Å². The van der Waals surface area contributed by atoms with Gasteiger partial charge in [0.2, 0.25) is 5.91 Å². The van der Waals surface area contributed by atoms with Crippen molar-refractivity contribution in [2.24, 2.45) is 0 Å². The van der Waals surface area contributed by atoms with Crippen molar-refractivity contribution in [3.63, 3.8) is 0 Å². The molecule has 0 bridgehead atoms. The smallest absolute Gasteiger partial charge is 0.227 e. The number of aryl methyl sites for hydroxylation is 2. The van der Waals surface area contributed by atoms with Crippen molar-refractivity contribution >= 4 is 32.2 Å². The molecule has 0 aliphatic heterocycles. The number of benzene rings is 2. The summed E-state index contributed by atoms with van der Waals surface area (Å²) in [4.78, 5) is 17.3. The Labute approximate surface area is 171 Å². The Morgan fingerprint density at radius 3 is 2.41 bits per heavy atom. The van der Waals surface area contributed by atoms with Gasteiger partial charge in [-0.15, -0.1) is 11.3 Å². The Morgan fingerprint density at radius 2 is 1.76 bits per heavy atom. The first-order valence-electron chi connectivity index (χ1n) is 8.68. The van der Waals surface area contributed by atoms with E-state index in [1.807, 2.05) is 6.92 Å². The highest BCUT2D eigenvalue weighted by Gasteiger charge is 2.18. The van der Waals surface area contributed by atoms with Gasteiger partial charge in [0.1, 0.15) is 0 Å². The van der Waals surface area contributed by atoms with E-state index >= 15 is 0 Å². The van der Waals surface area contributed by atoms with Crippen molar-refractivity contribution in [3.8, 4) is 11.3 Å². The van der Waals surface area contributed by atoms with Crippen molar-refractivity contribution in [2.75, 3.05) is 11.1 Å². The molecule has 152 valence electrons. The number of amides is 1. The van der Waals surface area contributed by atoms with E-state index in [0.717, 1.165) is 17.7 Å². The molecule has 3 aromatic rings. The summed E-state index contributed by atoms with van der Waals surface area (Å²) in [6, 6.07) is 9.88. The van der Waals surface area contributed by atoms with E-state index in [2.05, 4.69) is 10.3 Å². The number of halogens is 2. The molecule has 0 radical (unpaired) electrons. The van der Waals surface area contributed by atoms with Gasteiger partial charge < -0.3 is 5.32 Å². The molecule has 2 aromatic carbocycles. The molecule has 1 amide bonds. The molecule has 5 nitrogen and oxygen atoms in total. The third-order valence-corrected chi connectivity index (χ3v) is 6.83. The quantitative estimate of drug-likeness (QED) is 0.617. The number of hydrogen-bond donors (Lipinski definition) is 1. The van der Waals surface area contributed by atoms with E-state index in [-0.39, 0.29) is 22.2 Å². The maximum absolute atomic E-state index is 13.5. The Bertz CT molecular complexity index is 1160. The minimum absolute atomic E-state index is 0.168. The first-order valence-corrected chi connectivity index (χ1v) is 11.1. The van der Waals surface area contributed by atoms with Gasteiger partial charge in [-0.2, -0.15) is 0 Å². The molecular formula is C20H18F2N2O3S2. The molecule has 9 heteroatoms. The third-order valence-electron chi connectivity index (χ3n) is 4.21. The molecule has 0 saturated heterocycles. The van der Waals surface area contributed by atoms with Gasteiger partial charge in [0.25, 0.3) is 0 Å². The zero-order valence-electron chi connectivity index (χ0n) is 15.7. The summed E-state index contributed by atoms with van der Waals surface area (Å²) >= 11 is 1.17. The van der Waals surface area contributed by atoms with E-state index in [4.69, 9.17) is 0 Å². The fourth-order valence-corrected chi connectivity index (χ4v) is 4.73. The first-order chi connectivity index (χ1) is 13.7. The highest BCUT2D eigenvalue weighted by atomic mass is 32.2. The Balaban J connectivity index is 1.67. The number of hydrogen-bond acceptors (Lipinski definition) is 5. The number of rotatable bonds is 6. The van der Waals surface area contributed by atoms with Crippen LogP contribution >= 0.6 is 11.3 Å². The number of thiazole rings is 1. The highest BCUT2D eigenvalue weighted by Crippen LogP contribution is 2.31. The van der Waals surface area contributed by atoms with Crippen molar-refractivity contribution in [1.82, 2.24) is 4.98 Å². The van der Waals surface area contributed by atoms with Gasteiger partial charge in [0.15, 0.2) is 26.6 Å². The van der Waals surface area contributed by atoms with Crippen LogP contribution in [0, 0.1) is 25.5 Å². The molecule has 0 atom stereocenters. The van der Waals surface area contributed by atoms with Crippen LogP contribution in [0.15, 0.2) is 47.4 Å². The molecule has 0 aliphatic carbocycles. The molecule has 1 aromatic heterocycles. The maximum atomic E-state index is 13.5. The summed E-state index contributed by atoms with van der Waals surface area (Å²) in [6.07, 6.45) is -0.227. The summed E-state index contributed by atoms with van der Waals surface area (Å²) < 4.78 is 51.3. The lowest BCUT2D eigenvalue weighted by atomic mass is 10.1. The number of nitrogens with one attached hydrogen (secondary N) is 1. The van der Waals surface area contributed by atoms with E-state index in [0.29, 0.717) is 16.1 Å². The van der Waals surface area contributed by atoms with Crippen LogP contribution in [-0.4, -0.2) is 25.1 Å². The third kappa shape index (κ3) is 5.04. The lowest BCUT2D eigenvalue weighted by Crippen LogP contribution is -2.17. The van der Waals surface area contributed by atoms with Gasteiger partial charge in [0, 0.05) is 16.9 Å². The minimum atomic E-state index is -3.57. The molecular weight excluding hydrogens is 418 g/mol. The molecule has 0 saturated carbocycles. The molecule has 0 unspecified atom stereocenters. The van der Waals surface area contributed by atoms with Crippen LogP contribution in [0.25, 0.3) is 11.3 Å². The van der Waals surface area contributed by atoms with Crippen molar-refractivity contribution < 1.29 is 22.0 Å². The molecule has 3 rings (SSSR count). The van der Waals surface area contributed by atoms with E-state index < -0.39 is 27.4 Å². The number of anilines is 1. The first kappa shape index (κ1) is 21.1. The lowest BCUT2D eigenvalue weighted by Gasteiger charge is -2.05. The van der Waals surface area contributed by atoms with Crippen LogP contribution in [-0.2, 0) is 14.6 Å². The van der Waals surface area contributed by atoms with E-state index in [1.165, 1.54) is 29.5 Å². The summed E-state index contributed by atoms with van der Waals surface area (Å²) in [7, 11) is -3.57. The van der Waals surface area contributed by atoms with Gasteiger partial charge in [0.05, 0.1) is 16.3 Å². The van der Waals surface area contributed by atoms with Crippen LogP contribution in [0.2, 0.25) is 0 Å². The number of carbonyl (C=O) groups excluding carboxylic acids is 1. The fraction of sp³-hybridized carbons (Fsp3) is 0.200. The van der Waals surface area contributed by atoms with Gasteiger partial charge in [-0.1, -0.05) is 17.7 Å². The van der Waals surface area contributed by atoms with Crippen LogP contribution in [0.4, 0.5) is 13.9 Å². The average molecular weight is 437 g/mol. The normalized spacial score (nSPS) is 11.4. The Hall–Kier alpha value is -2.65. The van der Waals surface area contributed by atoms with Crippen LogP contribution in [0.3, 0.4) is 0 Å². The van der Waals surface area contributed by atoms with Crippen molar-refractivity contribution in [1.29, 1.82) is 0 Å². The Morgan fingerprint density at radius 1 is 1.07 bits per heavy atom. The van der Waals surface area contributed by atoms with E-state index in [1.54, 1.807) is 19.1 Å². The van der Waals surface area contributed by atoms with Crippen LogP contribution in [0.1, 0.15) is 16.9 Å². The number of nitrogens with zero attached hydrogens (tertiary/aromatic N) is 1. The predicted octanol–water partition coefficient (Wildman–Crippen LogP) is 4.51. The molecule has 0 fully saturated rings.